The van der Waals surface area contributed by atoms with Gasteiger partial charge in [-0.25, -0.2) is 0 Å². The molecule has 0 saturated heterocycles. The van der Waals surface area contributed by atoms with Crippen LogP contribution in [0, 0.1) is 11.8 Å². The fraction of sp³-hybridized carbons (Fsp3) is 0.481. The van der Waals surface area contributed by atoms with Gasteiger partial charge in [0.05, 0.1) is 11.8 Å². The fourth-order valence-electron chi connectivity index (χ4n) is 3.70. The molecule has 0 amide bonds. The Morgan fingerprint density at radius 2 is 1.50 bits per heavy atom. The second-order valence-electron chi connectivity index (χ2n) is 9.39. The highest BCUT2D eigenvalue weighted by Gasteiger charge is 2.30. The molecule has 0 spiro atoms. The summed E-state index contributed by atoms with van der Waals surface area (Å²) in [6, 6.07) is 16.4. The van der Waals surface area contributed by atoms with Crippen molar-refractivity contribution in [2.45, 2.75) is 71.8 Å². The standard InChI is InChI=1S/C27H35BrO4/c1-5-6-7-23(26(31)32-27(2,3)4)18-22(25(29)30)13-10-19-8-11-20(12-9-19)21-14-16-24(28)17-15-21/h8-9,11-12,14-17,22-23H,5-7,10,13,18H2,1-4H3,(H,29,30)/t22-,23+/m1/s1. The zero-order valence-electron chi connectivity index (χ0n) is 19.6. The van der Waals surface area contributed by atoms with E-state index in [9.17, 15) is 14.7 Å². The van der Waals surface area contributed by atoms with Crippen molar-refractivity contribution in [2.24, 2.45) is 11.8 Å². The van der Waals surface area contributed by atoms with E-state index in [1.807, 2.05) is 32.9 Å². The maximum atomic E-state index is 12.7. The lowest BCUT2D eigenvalue weighted by atomic mass is 9.87. The molecule has 2 aromatic carbocycles. The number of halogens is 1. The summed E-state index contributed by atoms with van der Waals surface area (Å²) in [7, 11) is 0. The Morgan fingerprint density at radius 1 is 0.938 bits per heavy atom. The fourth-order valence-corrected chi connectivity index (χ4v) is 3.96. The molecule has 0 aromatic heterocycles. The Balaban J connectivity index is 2.02. The predicted molar refractivity (Wildman–Crippen MR) is 133 cm³/mol. The number of hydrogen-bond acceptors (Lipinski definition) is 3. The Bertz CT molecular complexity index is 866. The van der Waals surface area contributed by atoms with Crippen LogP contribution in [-0.4, -0.2) is 22.6 Å². The van der Waals surface area contributed by atoms with Crippen molar-refractivity contribution in [1.82, 2.24) is 0 Å². The molecule has 0 radical (unpaired) electrons. The molecule has 2 atom stereocenters. The number of carboxylic acid groups (broad SMARTS) is 1. The van der Waals surface area contributed by atoms with Crippen LogP contribution in [-0.2, 0) is 20.7 Å². The maximum absolute atomic E-state index is 12.7. The summed E-state index contributed by atoms with van der Waals surface area (Å²) in [6.07, 6.45) is 3.98. The molecule has 32 heavy (non-hydrogen) atoms. The van der Waals surface area contributed by atoms with Crippen LogP contribution in [0.5, 0.6) is 0 Å². The van der Waals surface area contributed by atoms with Crippen molar-refractivity contribution in [3.05, 3.63) is 58.6 Å². The third-order valence-electron chi connectivity index (χ3n) is 5.48. The van der Waals surface area contributed by atoms with Crippen LogP contribution in [0.4, 0.5) is 0 Å². The van der Waals surface area contributed by atoms with Gasteiger partial charge in [0.25, 0.3) is 0 Å². The lowest BCUT2D eigenvalue weighted by Crippen LogP contribution is -2.31. The summed E-state index contributed by atoms with van der Waals surface area (Å²) in [5, 5.41) is 9.80. The van der Waals surface area contributed by atoms with E-state index in [2.05, 4.69) is 59.3 Å². The number of carbonyl (C=O) groups excluding carboxylic acids is 1. The number of hydrogen-bond donors (Lipinski definition) is 1. The van der Waals surface area contributed by atoms with Gasteiger partial charge in [0, 0.05) is 4.47 Å². The number of unbranched alkanes of at least 4 members (excludes halogenated alkanes) is 1. The number of aliphatic carboxylic acids is 1. The van der Waals surface area contributed by atoms with Gasteiger partial charge in [0.1, 0.15) is 5.60 Å². The van der Waals surface area contributed by atoms with Crippen molar-refractivity contribution in [3.8, 4) is 11.1 Å². The molecule has 0 aliphatic heterocycles. The predicted octanol–water partition coefficient (Wildman–Crippen LogP) is 7.29. The molecule has 4 nitrogen and oxygen atoms in total. The third-order valence-corrected chi connectivity index (χ3v) is 6.01. The number of carbonyl (C=O) groups is 2. The minimum absolute atomic E-state index is 0.281. The van der Waals surface area contributed by atoms with Crippen LogP contribution in [0.1, 0.15) is 65.4 Å². The summed E-state index contributed by atoms with van der Waals surface area (Å²) >= 11 is 3.45. The van der Waals surface area contributed by atoms with Gasteiger partial charge >= 0.3 is 11.9 Å². The highest BCUT2D eigenvalue weighted by Crippen LogP contribution is 2.27. The Labute approximate surface area is 200 Å². The maximum Gasteiger partial charge on any atom is 0.309 e. The number of carboxylic acids is 1. The summed E-state index contributed by atoms with van der Waals surface area (Å²) < 4.78 is 6.61. The Kier molecular flexibility index (Phi) is 9.95. The normalized spacial score (nSPS) is 13.4. The molecule has 1 N–H and O–H groups in total. The van der Waals surface area contributed by atoms with Crippen LogP contribution in [0.15, 0.2) is 53.0 Å². The summed E-state index contributed by atoms with van der Waals surface area (Å²) in [5.41, 5.74) is 2.79. The number of aryl methyl sites for hydroxylation is 1. The van der Waals surface area contributed by atoms with Crippen LogP contribution >= 0.6 is 15.9 Å². The first kappa shape index (κ1) is 26.1. The minimum Gasteiger partial charge on any atom is -0.481 e. The lowest BCUT2D eigenvalue weighted by Gasteiger charge is -2.25. The highest BCUT2D eigenvalue weighted by atomic mass is 79.9. The molecule has 0 bridgehead atoms. The van der Waals surface area contributed by atoms with Crippen LogP contribution in [0.3, 0.4) is 0 Å². The molecule has 0 aliphatic rings. The van der Waals surface area contributed by atoms with Gasteiger partial charge in [-0.1, -0.05) is 72.1 Å². The summed E-state index contributed by atoms with van der Waals surface area (Å²) in [4.78, 5) is 24.6. The molecule has 5 heteroatoms. The van der Waals surface area contributed by atoms with Crippen molar-refractivity contribution in [2.75, 3.05) is 0 Å². The van der Waals surface area contributed by atoms with Gasteiger partial charge < -0.3 is 9.84 Å². The highest BCUT2D eigenvalue weighted by molar-refractivity contribution is 9.10. The molecule has 0 saturated carbocycles. The second kappa shape index (κ2) is 12.2. The average Bonchev–Trinajstić information content (AvgIpc) is 2.72. The SMILES string of the molecule is CCCC[C@@H](C[C@@H](CCc1ccc(-c2ccc(Br)cc2)cc1)C(=O)O)C(=O)OC(C)(C)C. The van der Waals surface area contributed by atoms with Gasteiger partial charge in [-0.15, -0.1) is 0 Å². The van der Waals surface area contributed by atoms with Crippen molar-refractivity contribution in [1.29, 1.82) is 0 Å². The molecule has 0 fully saturated rings. The van der Waals surface area contributed by atoms with Gasteiger partial charge in [0.15, 0.2) is 0 Å². The average molecular weight is 503 g/mol. The van der Waals surface area contributed by atoms with E-state index in [0.29, 0.717) is 25.7 Å². The smallest absolute Gasteiger partial charge is 0.309 e. The largest absolute Gasteiger partial charge is 0.481 e. The third kappa shape index (κ3) is 8.78. The lowest BCUT2D eigenvalue weighted by molar-refractivity contribution is -0.161. The summed E-state index contributed by atoms with van der Waals surface area (Å²) in [6.45, 7) is 7.59. The monoisotopic (exact) mass is 502 g/mol. The van der Waals surface area contributed by atoms with E-state index in [1.165, 1.54) is 0 Å². The molecule has 2 aromatic rings. The molecule has 0 aliphatic carbocycles. The Hall–Kier alpha value is -2.14. The van der Waals surface area contributed by atoms with Gasteiger partial charge in [-0.05, 0) is 75.3 Å². The molecule has 2 rings (SSSR count). The van der Waals surface area contributed by atoms with Crippen molar-refractivity contribution < 1.29 is 19.4 Å². The van der Waals surface area contributed by atoms with Crippen molar-refractivity contribution in [3.63, 3.8) is 0 Å². The number of rotatable bonds is 11. The van der Waals surface area contributed by atoms with E-state index >= 15 is 0 Å². The van der Waals surface area contributed by atoms with E-state index in [4.69, 9.17) is 4.74 Å². The topological polar surface area (TPSA) is 63.6 Å². The van der Waals surface area contributed by atoms with Crippen LogP contribution < -0.4 is 0 Å². The number of ether oxygens (including phenoxy) is 1. The first-order valence-electron chi connectivity index (χ1n) is 11.4. The van der Waals surface area contributed by atoms with Gasteiger partial charge in [-0.2, -0.15) is 0 Å². The Morgan fingerprint density at radius 3 is 2.00 bits per heavy atom. The number of benzene rings is 2. The zero-order valence-corrected chi connectivity index (χ0v) is 21.2. The van der Waals surface area contributed by atoms with Gasteiger partial charge in [-0.3, -0.25) is 9.59 Å². The van der Waals surface area contributed by atoms with E-state index in [1.54, 1.807) is 0 Å². The first-order chi connectivity index (χ1) is 15.1. The number of esters is 1. The van der Waals surface area contributed by atoms with Crippen LogP contribution in [0.2, 0.25) is 0 Å². The quantitative estimate of drug-likeness (QED) is 0.327. The second-order valence-corrected chi connectivity index (χ2v) is 10.3. The van der Waals surface area contributed by atoms with E-state index in [-0.39, 0.29) is 11.9 Å². The molecule has 0 unspecified atom stereocenters. The minimum atomic E-state index is -0.846. The van der Waals surface area contributed by atoms with E-state index < -0.39 is 17.5 Å². The molecule has 174 valence electrons. The first-order valence-corrected chi connectivity index (χ1v) is 12.2. The summed E-state index contributed by atoms with van der Waals surface area (Å²) in [5.74, 6) is -2.08. The zero-order chi connectivity index (χ0) is 23.7. The van der Waals surface area contributed by atoms with Gasteiger partial charge in [0.2, 0.25) is 0 Å². The molecule has 0 heterocycles. The molecular weight excluding hydrogens is 468 g/mol. The van der Waals surface area contributed by atoms with E-state index in [0.717, 1.165) is 34.0 Å². The van der Waals surface area contributed by atoms with Crippen LogP contribution in [0.25, 0.3) is 11.1 Å². The molecular formula is C27H35BrO4. The van der Waals surface area contributed by atoms with Crippen molar-refractivity contribution >= 4 is 27.9 Å².